The minimum Gasteiger partial charge on any atom is -0.397 e. The number of likely N-dealkylation sites (N-methyl/N-ethyl adjacent to an activating group) is 1. The Balaban J connectivity index is 2.56. The Kier molecular flexibility index (Phi) is 3.32. The summed E-state index contributed by atoms with van der Waals surface area (Å²) in [5, 5.41) is 0.931. The lowest BCUT2D eigenvalue weighted by atomic mass is 10.1. The third-order valence-electron chi connectivity index (χ3n) is 2.85. The fourth-order valence-electron chi connectivity index (χ4n) is 2.02. The first-order valence-electron chi connectivity index (χ1n) is 5.80. The van der Waals surface area contributed by atoms with E-state index in [1.54, 1.807) is 6.20 Å². The summed E-state index contributed by atoms with van der Waals surface area (Å²) in [7, 11) is 0. The number of nitrogens with zero attached hydrogens (tertiary/aromatic N) is 2. The standard InChI is InChI=1S/C13H16N4O/c1-2-17(8-12(15)18)11-6-7-16-13-9(11)4-3-5-10(13)14/h3-7H,2,8,14H2,1H3,(H2,15,18). The van der Waals surface area contributed by atoms with Crippen LogP contribution >= 0.6 is 0 Å². The van der Waals surface area contributed by atoms with Crippen LogP contribution in [0.1, 0.15) is 6.92 Å². The topological polar surface area (TPSA) is 85.2 Å². The van der Waals surface area contributed by atoms with Crippen molar-refractivity contribution in [3.05, 3.63) is 30.5 Å². The molecule has 0 spiro atoms. The van der Waals surface area contributed by atoms with E-state index in [1.165, 1.54) is 0 Å². The summed E-state index contributed by atoms with van der Waals surface area (Å²) in [6.45, 7) is 2.85. The summed E-state index contributed by atoms with van der Waals surface area (Å²) in [6.07, 6.45) is 1.69. The van der Waals surface area contributed by atoms with Gasteiger partial charge in [-0.2, -0.15) is 0 Å². The van der Waals surface area contributed by atoms with E-state index in [1.807, 2.05) is 36.1 Å². The molecule has 5 nitrogen and oxygen atoms in total. The Morgan fingerprint density at radius 1 is 1.39 bits per heavy atom. The number of nitrogens with two attached hydrogens (primary N) is 2. The van der Waals surface area contributed by atoms with Gasteiger partial charge in [0.2, 0.25) is 5.91 Å². The van der Waals surface area contributed by atoms with Crippen molar-refractivity contribution in [1.82, 2.24) is 4.98 Å². The number of amides is 1. The number of aromatic nitrogens is 1. The zero-order valence-corrected chi connectivity index (χ0v) is 10.3. The van der Waals surface area contributed by atoms with Crippen LogP contribution in [0.5, 0.6) is 0 Å². The highest BCUT2D eigenvalue weighted by molar-refractivity contribution is 5.98. The molecule has 0 aliphatic heterocycles. The lowest BCUT2D eigenvalue weighted by Gasteiger charge is -2.23. The van der Waals surface area contributed by atoms with E-state index in [0.717, 1.165) is 16.6 Å². The highest BCUT2D eigenvalue weighted by atomic mass is 16.1. The van der Waals surface area contributed by atoms with E-state index in [-0.39, 0.29) is 12.5 Å². The SMILES string of the molecule is CCN(CC(N)=O)c1ccnc2c(N)cccc12. The fourth-order valence-corrected chi connectivity index (χ4v) is 2.02. The van der Waals surface area contributed by atoms with Crippen LogP contribution < -0.4 is 16.4 Å². The summed E-state index contributed by atoms with van der Waals surface area (Å²) >= 11 is 0. The van der Waals surface area contributed by atoms with Crippen molar-refractivity contribution in [3.63, 3.8) is 0 Å². The molecule has 2 rings (SSSR count). The van der Waals surface area contributed by atoms with Gasteiger partial charge < -0.3 is 16.4 Å². The van der Waals surface area contributed by atoms with E-state index in [2.05, 4.69) is 4.98 Å². The molecule has 1 amide bonds. The predicted molar refractivity (Wildman–Crippen MR) is 73.2 cm³/mol. The average Bonchev–Trinajstić information content (AvgIpc) is 2.36. The number of rotatable bonds is 4. The Morgan fingerprint density at radius 2 is 2.17 bits per heavy atom. The summed E-state index contributed by atoms with van der Waals surface area (Å²) < 4.78 is 0. The van der Waals surface area contributed by atoms with Gasteiger partial charge in [-0.3, -0.25) is 9.78 Å². The molecule has 0 fully saturated rings. The Morgan fingerprint density at radius 3 is 2.83 bits per heavy atom. The predicted octanol–water partition coefficient (Wildman–Crippen LogP) is 1.13. The Labute approximate surface area is 105 Å². The van der Waals surface area contributed by atoms with E-state index in [0.29, 0.717) is 12.2 Å². The molecular weight excluding hydrogens is 228 g/mol. The van der Waals surface area contributed by atoms with Crippen LogP contribution in [0.2, 0.25) is 0 Å². The number of hydrogen-bond acceptors (Lipinski definition) is 4. The van der Waals surface area contributed by atoms with Crippen LogP contribution in [0.4, 0.5) is 11.4 Å². The van der Waals surface area contributed by atoms with Crippen LogP contribution in [0.25, 0.3) is 10.9 Å². The molecule has 0 unspecified atom stereocenters. The second-order valence-corrected chi connectivity index (χ2v) is 4.05. The number of anilines is 2. The molecule has 0 aliphatic rings. The fraction of sp³-hybridized carbons (Fsp3) is 0.231. The Hall–Kier alpha value is -2.30. The molecule has 4 N–H and O–H groups in total. The van der Waals surface area contributed by atoms with Crippen molar-refractivity contribution in [1.29, 1.82) is 0 Å². The molecule has 0 atom stereocenters. The summed E-state index contributed by atoms with van der Waals surface area (Å²) in [6, 6.07) is 7.50. The first-order chi connectivity index (χ1) is 8.63. The van der Waals surface area contributed by atoms with Crippen LogP contribution in [0, 0.1) is 0 Å². The number of primary amides is 1. The van der Waals surface area contributed by atoms with Gasteiger partial charge in [-0.05, 0) is 19.1 Å². The van der Waals surface area contributed by atoms with Gasteiger partial charge in [0.15, 0.2) is 0 Å². The molecule has 18 heavy (non-hydrogen) atoms. The maximum atomic E-state index is 11.1. The molecule has 94 valence electrons. The number of fused-ring (bicyclic) bond motifs is 1. The summed E-state index contributed by atoms with van der Waals surface area (Å²) in [4.78, 5) is 17.3. The number of para-hydroxylation sites is 1. The van der Waals surface area contributed by atoms with Gasteiger partial charge in [0, 0.05) is 23.8 Å². The van der Waals surface area contributed by atoms with Gasteiger partial charge in [-0.1, -0.05) is 12.1 Å². The first kappa shape index (κ1) is 12.2. The van der Waals surface area contributed by atoms with Crippen molar-refractivity contribution >= 4 is 28.2 Å². The lowest BCUT2D eigenvalue weighted by molar-refractivity contribution is -0.116. The molecule has 0 radical (unpaired) electrons. The van der Waals surface area contributed by atoms with Crippen molar-refractivity contribution in [2.75, 3.05) is 23.7 Å². The van der Waals surface area contributed by atoms with Gasteiger partial charge in [0.05, 0.1) is 17.7 Å². The maximum absolute atomic E-state index is 11.1. The van der Waals surface area contributed by atoms with Gasteiger partial charge in [0.25, 0.3) is 0 Å². The maximum Gasteiger partial charge on any atom is 0.236 e. The number of carbonyl (C=O) groups excluding carboxylic acids is 1. The van der Waals surface area contributed by atoms with Crippen molar-refractivity contribution < 1.29 is 4.79 Å². The van der Waals surface area contributed by atoms with Crippen LogP contribution in [0.15, 0.2) is 30.5 Å². The molecule has 1 aromatic carbocycles. The zero-order chi connectivity index (χ0) is 13.1. The van der Waals surface area contributed by atoms with Crippen LogP contribution in [-0.4, -0.2) is 24.0 Å². The van der Waals surface area contributed by atoms with E-state index in [4.69, 9.17) is 11.5 Å². The molecule has 1 heterocycles. The number of pyridine rings is 1. The number of hydrogen-bond donors (Lipinski definition) is 2. The lowest BCUT2D eigenvalue weighted by Crippen LogP contribution is -2.33. The van der Waals surface area contributed by atoms with E-state index >= 15 is 0 Å². The third kappa shape index (κ3) is 2.20. The monoisotopic (exact) mass is 244 g/mol. The summed E-state index contributed by atoms with van der Waals surface area (Å²) in [5.74, 6) is -0.356. The highest BCUT2D eigenvalue weighted by Crippen LogP contribution is 2.28. The normalized spacial score (nSPS) is 10.5. The van der Waals surface area contributed by atoms with E-state index in [9.17, 15) is 4.79 Å². The molecule has 5 heteroatoms. The smallest absolute Gasteiger partial charge is 0.236 e. The first-order valence-corrected chi connectivity index (χ1v) is 5.80. The quantitative estimate of drug-likeness (QED) is 0.789. The highest BCUT2D eigenvalue weighted by Gasteiger charge is 2.12. The van der Waals surface area contributed by atoms with Crippen molar-refractivity contribution in [2.45, 2.75) is 6.92 Å². The van der Waals surface area contributed by atoms with Crippen LogP contribution in [0.3, 0.4) is 0 Å². The zero-order valence-electron chi connectivity index (χ0n) is 10.3. The minimum atomic E-state index is -0.356. The second-order valence-electron chi connectivity index (χ2n) is 4.05. The minimum absolute atomic E-state index is 0.185. The Bertz CT molecular complexity index is 582. The number of nitrogen functional groups attached to an aromatic ring is 1. The molecule has 1 aromatic heterocycles. The van der Waals surface area contributed by atoms with Crippen molar-refractivity contribution in [2.24, 2.45) is 5.73 Å². The molecular formula is C13H16N4O. The van der Waals surface area contributed by atoms with Gasteiger partial charge in [-0.15, -0.1) is 0 Å². The molecule has 0 saturated heterocycles. The van der Waals surface area contributed by atoms with E-state index < -0.39 is 0 Å². The van der Waals surface area contributed by atoms with Gasteiger partial charge in [0.1, 0.15) is 0 Å². The number of carbonyl (C=O) groups is 1. The average molecular weight is 244 g/mol. The van der Waals surface area contributed by atoms with Crippen molar-refractivity contribution in [3.8, 4) is 0 Å². The number of benzene rings is 1. The van der Waals surface area contributed by atoms with Gasteiger partial charge >= 0.3 is 0 Å². The second kappa shape index (κ2) is 4.91. The molecule has 0 saturated carbocycles. The third-order valence-corrected chi connectivity index (χ3v) is 2.85. The molecule has 0 aliphatic carbocycles. The summed E-state index contributed by atoms with van der Waals surface area (Å²) in [5.41, 5.74) is 13.5. The van der Waals surface area contributed by atoms with Crippen LogP contribution in [-0.2, 0) is 4.79 Å². The van der Waals surface area contributed by atoms with Gasteiger partial charge in [-0.25, -0.2) is 0 Å². The molecule has 0 bridgehead atoms. The largest absolute Gasteiger partial charge is 0.397 e. The molecule has 2 aromatic rings.